The molecule has 2 fully saturated rings. The molecule has 2 saturated carbocycles. The Morgan fingerprint density at radius 1 is 1.19 bits per heavy atom. The van der Waals surface area contributed by atoms with Gasteiger partial charge in [-0.2, -0.15) is 0 Å². The van der Waals surface area contributed by atoms with Crippen LogP contribution in [0.1, 0.15) is 48.9 Å². The molecular weight excluding hydrogens is 264 g/mol. The zero-order valence-corrected chi connectivity index (χ0v) is 12.6. The van der Waals surface area contributed by atoms with Crippen LogP contribution in [0.2, 0.25) is 0 Å². The fourth-order valence-electron chi connectivity index (χ4n) is 3.00. The molecular formula is C17H24N2O2. The molecule has 114 valence electrons. The standard InChI is InChI=1S/C17H24N2O2/c1-21-16-8-3-2-7-15(16)18-14-6-4-5-12(11-14)17(20)19-13-9-10-13/h4-6,11,13,15-16,18H,2-3,7-10H2,1H3,(H,19,20). The Morgan fingerprint density at radius 3 is 2.76 bits per heavy atom. The summed E-state index contributed by atoms with van der Waals surface area (Å²) in [5.74, 6) is 0.0353. The van der Waals surface area contributed by atoms with Crippen molar-refractivity contribution in [1.29, 1.82) is 0 Å². The van der Waals surface area contributed by atoms with Crippen molar-refractivity contribution in [3.05, 3.63) is 29.8 Å². The summed E-state index contributed by atoms with van der Waals surface area (Å²) in [6.45, 7) is 0. The molecule has 4 heteroatoms. The first-order valence-electron chi connectivity index (χ1n) is 7.96. The number of anilines is 1. The molecule has 2 atom stereocenters. The minimum Gasteiger partial charge on any atom is -0.380 e. The Hall–Kier alpha value is -1.55. The quantitative estimate of drug-likeness (QED) is 0.876. The van der Waals surface area contributed by atoms with Crippen LogP contribution < -0.4 is 10.6 Å². The van der Waals surface area contributed by atoms with Gasteiger partial charge < -0.3 is 15.4 Å². The third kappa shape index (κ3) is 3.76. The van der Waals surface area contributed by atoms with Gasteiger partial charge in [0.25, 0.3) is 5.91 Å². The predicted octanol–water partition coefficient (Wildman–Crippen LogP) is 2.95. The molecule has 21 heavy (non-hydrogen) atoms. The smallest absolute Gasteiger partial charge is 0.251 e. The van der Waals surface area contributed by atoms with E-state index in [0.29, 0.717) is 12.1 Å². The molecule has 2 aliphatic carbocycles. The van der Waals surface area contributed by atoms with Crippen LogP contribution in [0.15, 0.2) is 24.3 Å². The summed E-state index contributed by atoms with van der Waals surface area (Å²) in [6, 6.07) is 8.51. The third-order valence-corrected chi connectivity index (χ3v) is 4.39. The van der Waals surface area contributed by atoms with Crippen LogP contribution in [0.3, 0.4) is 0 Å². The van der Waals surface area contributed by atoms with Gasteiger partial charge in [0.15, 0.2) is 0 Å². The molecule has 0 aliphatic heterocycles. The van der Waals surface area contributed by atoms with Crippen LogP contribution in [0.4, 0.5) is 5.69 Å². The number of hydrogen-bond acceptors (Lipinski definition) is 3. The SMILES string of the molecule is COC1CCCCC1Nc1cccc(C(=O)NC2CC2)c1. The van der Waals surface area contributed by atoms with Gasteiger partial charge in [-0.05, 0) is 43.9 Å². The second kappa shape index (κ2) is 6.48. The van der Waals surface area contributed by atoms with Crippen LogP contribution in [-0.2, 0) is 4.74 Å². The Bertz CT molecular complexity index is 499. The lowest BCUT2D eigenvalue weighted by atomic mass is 9.92. The topological polar surface area (TPSA) is 50.4 Å². The van der Waals surface area contributed by atoms with Crippen molar-refractivity contribution in [1.82, 2.24) is 5.32 Å². The molecule has 0 aromatic heterocycles. The van der Waals surface area contributed by atoms with Gasteiger partial charge in [-0.3, -0.25) is 4.79 Å². The minimum absolute atomic E-state index is 0.0353. The predicted molar refractivity (Wildman–Crippen MR) is 83.6 cm³/mol. The highest BCUT2D eigenvalue weighted by atomic mass is 16.5. The van der Waals surface area contributed by atoms with E-state index in [1.807, 2.05) is 24.3 Å². The molecule has 2 N–H and O–H groups in total. The summed E-state index contributed by atoms with van der Waals surface area (Å²) in [4.78, 5) is 12.1. The Balaban J connectivity index is 1.65. The van der Waals surface area contributed by atoms with Crippen LogP contribution >= 0.6 is 0 Å². The number of carbonyl (C=O) groups is 1. The van der Waals surface area contributed by atoms with Crippen molar-refractivity contribution in [2.45, 2.75) is 56.7 Å². The Labute approximate surface area is 126 Å². The number of rotatable bonds is 5. The second-order valence-corrected chi connectivity index (χ2v) is 6.14. The van der Waals surface area contributed by atoms with Crippen molar-refractivity contribution >= 4 is 11.6 Å². The normalized spacial score (nSPS) is 25.4. The van der Waals surface area contributed by atoms with E-state index in [1.54, 1.807) is 7.11 Å². The third-order valence-electron chi connectivity index (χ3n) is 4.39. The number of carbonyl (C=O) groups excluding carboxylic acids is 1. The summed E-state index contributed by atoms with van der Waals surface area (Å²) in [5.41, 5.74) is 1.74. The largest absolute Gasteiger partial charge is 0.380 e. The number of nitrogens with one attached hydrogen (secondary N) is 2. The number of amides is 1. The number of hydrogen-bond donors (Lipinski definition) is 2. The lowest BCUT2D eigenvalue weighted by molar-refractivity contribution is 0.0606. The maximum atomic E-state index is 12.1. The van der Waals surface area contributed by atoms with Crippen LogP contribution in [-0.4, -0.2) is 31.2 Å². The first kappa shape index (κ1) is 14.4. The number of methoxy groups -OCH3 is 1. The van der Waals surface area contributed by atoms with Crippen molar-refractivity contribution in [2.75, 3.05) is 12.4 Å². The van der Waals surface area contributed by atoms with Gasteiger partial charge in [-0.15, -0.1) is 0 Å². The molecule has 0 bridgehead atoms. The maximum Gasteiger partial charge on any atom is 0.251 e. The van der Waals surface area contributed by atoms with Crippen molar-refractivity contribution in [3.63, 3.8) is 0 Å². The van der Waals surface area contributed by atoms with E-state index in [4.69, 9.17) is 4.74 Å². The molecule has 4 nitrogen and oxygen atoms in total. The fraction of sp³-hybridized carbons (Fsp3) is 0.588. The van der Waals surface area contributed by atoms with Gasteiger partial charge >= 0.3 is 0 Å². The van der Waals surface area contributed by atoms with Gasteiger partial charge in [-0.25, -0.2) is 0 Å². The van der Waals surface area contributed by atoms with E-state index < -0.39 is 0 Å². The van der Waals surface area contributed by atoms with Crippen molar-refractivity contribution in [2.24, 2.45) is 0 Å². The van der Waals surface area contributed by atoms with E-state index >= 15 is 0 Å². The van der Waals surface area contributed by atoms with E-state index in [2.05, 4.69) is 10.6 Å². The van der Waals surface area contributed by atoms with E-state index in [-0.39, 0.29) is 12.0 Å². The van der Waals surface area contributed by atoms with Crippen molar-refractivity contribution in [3.8, 4) is 0 Å². The molecule has 1 aromatic carbocycles. The summed E-state index contributed by atoms with van der Waals surface area (Å²) < 4.78 is 5.57. The molecule has 1 amide bonds. The van der Waals surface area contributed by atoms with Gasteiger partial charge in [0.1, 0.15) is 0 Å². The molecule has 1 aromatic rings. The van der Waals surface area contributed by atoms with Gasteiger partial charge in [0, 0.05) is 24.4 Å². The summed E-state index contributed by atoms with van der Waals surface area (Å²) in [7, 11) is 1.78. The van der Waals surface area contributed by atoms with Gasteiger partial charge in [0.2, 0.25) is 0 Å². The molecule has 2 unspecified atom stereocenters. The van der Waals surface area contributed by atoms with Crippen LogP contribution in [0, 0.1) is 0 Å². The lowest BCUT2D eigenvalue weighted by Gasteiger charge is -2.31. The minimum atomic E-state index is 0.0353. The Kier molecular flexibility index (Phi) is 4.44. The molecule has 0 heterocycles. The highest BCUT2D eigenvalue weighted by molar-refractivity contribution is 5.95. The maximum absolute atomic E-state index is 12.1. The fourth-order valence-corrected chi connectivity index (χ4v) is 3.00. The summed E-state index contributed by atoms with van der Waals surface area (Å²) in [6.07, 6.45) is 7.19. The highest BCUT2D eigenvalue weighted by Gasteiger charge is 2.26. The zero-order chi connectivity index (χ0) is 14.7. The van der Waals surface area contributed by atoms with Gasteiger partial charge in [0.05, 0.1) is 12.1 Å². The second-order valence-electron chi connectivity index (χ2n) is 6.14. The molecule has 0 saturated heterocycles. The first-order valence-corrected chi connectivity index (χ1v) is 7.96. The van der Waals surface area contributed by atoms with Gasteiger partial charge in [-0.1, -0.05) is 18.9 Å². The number of benzene rings is 1. The summed E-state index contributed by atoms with van der Waals surface area (Å²) >= 11 is 0. The highest BCUT2D eigenvalue weighted by Crippen LogP contribution is 2.25. The average molecular weight is 288 g/mol. The Morgan fingerprint density at radius 2 is 2.00 bits per heavy atom. The molecule has 0 spiro atoms. The first-order chi connectivity index (χ1) is 10.3. The van der Waals surface area contributed by atoms with Crippen LogP contribution in [0.25, 0.3) is 0 Å². The average Bonchev–Trinajstić information content (AvgIpc) is 3.32. The zero-order valence-electron chi connectivity index (χ0n) is 12.6. The summed E-state index contributed by atoms with van der Waals surface area (Å²) in [5, 5.41) is 6.57. The molecule has 0 radical (unpaired) electrons. The van der Waals surface area contributed by atoms with Crippen LogP contribution in [0.5, 0.6) is 0 Å². The lowest BCUT2D eigenvalue weighted by Crippen LogP contribution is -2.37. The molecule has 3 rings (SSSR count). The number of ether oxygens (including phenoxy) is 1. The monoisotopic (exact) mass is 288 g/mol. The van der Waals surface area contributed by atoms with E-state index in [0.717, 1.165) is 36.9 Å². The molecule has 2 aliphatic rings. The van der Waals surface area contributed by atoms with E-state index in [9.17, 15) is 4.79 Å². The van der Waals surface area contributed by atoms with Crippen molar-refractivity contribution < 1.29 is 9.53 Å². The van der Waals surface area contributed by atoms with E-state index in [1.165, 1.54) is 12.8 Å².